The van der Waals surface area contributed by atoms with Crippen LogP contribution >= 0.6 is 0 Å². The SMILES string of the molecule is COC(=O)c1ccc(OC)c(NC(=O)Nc2ccc(-c3ccc(CN4CCOCC4)nc3)c3ccccc23)c1. The molecule has 39 heavy (non-hydrogen) atoms. The number of fused-ring (bicyclic) bond motifs is 1. The number of rotatable bonds is 7. The highest BCUT2D eigenvalue weighted by Crippen LogP contribution is 2.33. The number of methoxy groups -OCH3 is 2. The van der Waals surface area contributed by atoms with Gasteiger partial charge in [0, 0.05) is 36.8 Å². The Balaban J connectivity index is 1.36. The lowest BCUT2D eigenvalue weighted by atomic mass is 9.98. The van der Waals surface area contributed by atoms with Crippen LogP contribution in [-0.2, 0) is 16.0 Å². The first-order valence-electron chi connectivity index (χ1n) is 12.7. The number of carbonyl (C=O) groups is 2. The zero-order valence-electron chi connectivity index (χ0n) is 21.9. The second-order valence-corrected chi connectivity index (χ2v) is 9.12. The fourth-order valence-electron chi connectivity index (χ4n) is 4.65. The average molecular weight is 527 g/mol. The first-order valence-corrected chi connectivity index (χ1v) is 12.7. The first kappa shape index (κ1) is 26.1. The number of carbonyl (C=O) groups excluding carboxylic acids is 2. The summed E-state index contributed by atoms with van der Waals surface area (Å²) in [6.07, 6.45) is 1.90. The number of esters is 1. The maximum Gasteiger partial charge on any atom is 0.337 e. The predicted molar refractivity (Wildman–Crippen MR) is 150 cm³/mol. The summed E-state index contributed by atoms with van der Waals surface area (Å²) in [5, 5.41) is 7.58. The summed E-state index contributed by atoms with van der Waals surface area (Å²) in [6.45, 7) is 4.15. The van der Waals surface area contributed by atoms with Gasteiger partial charge < -0.3 is 24.8 Å². The van der Waals surface area contributed by atoms with E-state index in [1.807, 2.05) is 42.6 Å². The Morgan fingerprint density at radius 3 is 2.41 bits per heavy atom. The summed E-state index contributed by atoms with van der Waals surface area (Å²) in [6, 6.07) is 20.1. The van der Waals surface area contributed by atoms with Gasteiger partial charge in [-0.3, -0.25) is 9.88 Å². The van der Waals surface area contributed by atoms with Crippen LogP contribution in [0.5, 0.6) is 5.75 Å². The van der Waals surface area contributed by atoms with Crippen molar-refractivity contribution in [1.82, 2.24) is 9.88 Å². The lowest BCUT2D eigenvalue weighted by Gasteiger charge is -2.26. The van der Waals surface area contributed by atoms with Crippen LogP contribution < -0.4 is 15.4 Å². The summed E-state index contributed by atoms with van der Waals surface area (Å²) in [5.41, 5.74) is 4.33. The zero-order valence-corrected chi connectivity index (χ0v) is 21.9. The Kier molecular flexibility index (Phi) is 8.00. The van der Waals surface area contributed by atoms with E-state index >= 15 is 0 Å². The highest BCUT2D eigenvalue weighted by atomic mass is 16.5. The van der Waals surface area contributed by atoms with E-state index in [-0.39, 0.29) is 0 Å². The van der Waals surface area contributed by atoms with Crippen molar-refractivity contribution in [2.45, 2.75) is 6.54 Å². The van der Waals surface area contributed by atoms with E-state index in [4.69, 9.17) is 19.2 Å². The minimum absolute atomic E-state index is 0.299. The van der Waals surface area contributed by atoms with Gasteiger partial charge in [-0.2, -0.15) is 0 Å². The molecule has 0 bridgehead atoms. The summed E-state index contributed by atoms with van der Waals surface area (Å²) in [4.78, 5) is 32.0. The third-order valence-electron chi connectivity index (χ3n) is 6.67. The van der Waals surface area contributed by atoms with Crippen LogP contribution in [0.2, 0.25) is 0 Å². The van der Waals surface area contributed by atoms with Crippen molar-refractivity contribution >= 4 is 34.1 Å². The van der Waals surface area contributed by atoms with Gasteiger partial charge in [0.25, 0.3) is 0 Å². The molecule has 5 rings (SSSR count). The molecule has 0 saturated carbocycles. The summed E-state index contributed by atoms with van der Waals surface area (Å²) < 4.78 is 15.6. The van der Waals surface area contributed by atoms with E-state index < -0.39 is 12.0 Å². The molecule has 0 spiro atoms. The minimum atomic E-state index is -0.508. The smallest absolute Gasteiger partial charge is 0.337 e. The fraction of sp³-hybridized carbons (Fsp3) is 0.233. The van der Waals surface area contributed by atoms with E-state index in [1.54, 1.807) is 12.1 Å². The third-order valence-corrected chi connectivity index (χ3v) is 6.67. The Bertz CT molecular complexity index is 1480. The molecule has 1 aromatic heterocycles. The minimum Gasteiger partial charge on any atom is -0.495 e. The molecule has 200 valence electrons. The number of amides is 2. The standard InChI is InChI=1S/C30H30N4O5/c1-37-28-12-8-20(29(35)38-2)17-27(28)33-30(36)32-26-11-10-23(24-5-3-4-6-25(24)26)21-7-9-22(31-18-21)19-34-13-15-39-16-14-34/h3-12,17-18H,13-16,19H2,1-2H3,(H2,32,33,36). The van der Waals surface area contributed by atoms with Gasteiger partial charge >= 0.3 is 12.0 Å². The molecular formula is C30H30N4O5. The fourth-order valence-corrected chi connectivity index (χ4v) is 4.65. The second kappa shape index (κ2) is 11.9. The van der Waals surface area contributed by atoms with Crippen LogP contribution in [0.15, 0.2) is 72.9 Å². The van der Waals surface area contributed by atoms with Crippen molar-refractivity contribution < 1.29 is 23.8 Å². The Morgan fingerprint density at radius 1 is 0.923 bits per heavy atom. The monoisotopic (exact) mass is 526 g/mol. The van der Waals surface area contributed by atoms with Crippen molar-refractivity contribution in [1.29, 1.82) is 0 Å². The van der Waals surface area contributed by atoms with Gasteiger partial charge in [-0.05, 0) is 41.3 Å². The molecule has 0 radical (unpaired) electrons. The number of urea groups is 1. The van der Waals surface area contributed by atoms with Crippen molar-refractivity contribution in [3.63, 3.8) is 0 Å². The largest absolute Gasteiger partial charge is 0.495 e. The molecule has 3 aromatic carbocycles. The highest BCUT2D eigenvalue weighted by Gasteiger charge is 2.15. The lowest BCUT2D eigenvalue weighted by Crippen LogP contribution is -2.35. The van der Waals surface area contributed by atoms with E-state index in [1.165, 1.54) is 20.3 Å². The molecule has 1 fully saturated rings. The number of aromatic nitrogens is 1. The predicted octanol–water partition coefficient (Wildman–Crippen LogP) is 5.17. The maximum atomic E-state index is 13.0. The normalized spacial score (nSPS) is 13.6. The molecule has 2 heterocycles. The Morgan fingerprint density at radius 2 is 1.69 bits per heavy atom. The molecule has 1 saturated heterocycles. The summed E-state index contributed by atoms with van der Waals surface area (Å²) >= 11 is 0. The van der Waals surface area contributed by atoms with Gasteiger partial charge in [0.1, 0.15) is 5.75 Å². The number of ether oxygens (including phenoxy) is 3. The zero-order chi connectivity index (χ0) is 27.2. The van der Waals surface area contributed by atoms with Gasteiger partial charge in [-0.15, -0.1) is 0 Å². The number of hydrogen-bond donors (Lipinski definition) is 2. The summed E-state index contributed by atoms with van der Waals surface area (Å²) in [7, 11) is 2.80. The molecule has 1 aliphatic heterocycles. The average Bonchev–Trinajstić information content (AvgIpc) is 2.98. The molecular weight excluding hydrogens is 496 g/mol. The molecule has 9 nitrogen and oxygen atoms in total. The van der Waals surface area contributed by atoms with Crippen LogP contribution in [0, 0.1) is 0 Å². The van der Waals surface area contributed by atoms with Gasteiger partial charge in [-0.1, -0.05) is 36.4 Å². The number of pyridine rings is 1. The van der Waals surface area contributed by atoms with Crippen molar-refractivity contribution in [3.05, 3.63) is 84.2 Å². The van der Waals surface area contributed by atoms with Crippen LogP contribution in [-0.4, -0.2) is 62.4 Å². The van der Waals surface area contributed by atoms with Gasteiger partial charge in [0.05, 0.1) is 50.1 Å². The van der Waals surface area contributed by atoms with Gasteiger partial charge in [0.15, 0.2) is 0 Å². The number of nitrogens with zero attached hydrogens (tertiary/aromatic N) is 2. The van der Waals surface area contributed by atoms with Crippen molar-refractivity contribution in [3.8, 4) is 16.9 Å². The summed E-state index contributed by atoms with van der Waals surface area (Å²) in [5.74, 6) is -0.0890. The molecule has 9 heteroatoms. The van der Waals surface area contributed by atoms with E-state index in [2.05, 4.69) is 27.7 Å². The molecule has 4 aromatic rings. The van der Waals surface area contributed by atoms with Crippen LogP contribution in [0.3, 0.4) is 0 Å². The molecule has 2 N–H and O–H groups in total. The molecule has 1 aliphatic rings. The van der Waals surface area contributed by atoms with Crippen LogP contribution in [0.4, 0.5) is 16.2 Å². The highest BCUT2D eigenvalue weighted by molar-refractivity contribution is 6.10. The van der Waals surface area contributed by atoms with E-state index in [0.29, 0.717) is 22.7 Å². The topological polar surface area (TPSA) is 102 Å². The van der Waals surface area contributed by atoms with Gasteiger partial charge in [-0.25, -0.2) is 9.59 Å². The van der Waals surface area contributed by atoms with Crippen molar-refractivity contribution in [2.75, 3.05) is 51.2 Å². The Labute approximate surface area is 226 Å². The first-order chi connectivity index (χ1) is 19.1. The van der Waals surface area contributed by atoms with E-state index in [9.17, 15) is 9.59 Å². The molecule has 2 amide bonds. The molecule has 0 unspecified atom stereocenters. The molecule has 0 atom stereocenters. The number of hydrogen-bond acceptors (Lipinski definition) is 7. The number of nitrogens with one attached hydrogen (secondary N) is 2. The van der Waals surface area contributed by atoms with Gasteiger partial charge in [0.2, 0.25) is 0 Å². The van der Waals surface area contributed by atoms with Crippen LogP contribution in [0.1, 0.15) is 16.1 Å². The van der Waals surface area contributed by atoms with Crippen molar-refractivity contribution in [2.24, 2.45) is 0 Å². The number of anilines is 2. The molecule has 0 aliphatic carbocycles. The third kappa shape index (κ3) is 6.00. The maximum absolute atomic E-state index is 13.0. The lowest BCUT2D eigenvalue weighted by molar-refractivity contribution is 0.0336. The van der Waals surface area contributed by atoms with E-state index in [0.717, 1.165) is 60.4 Å². The van der Waals surface area contributed by atoms with Crippen LogP contribution in [0.25, 0.3) is 21.9 Å². The Hall–Kier alpha value is -4.47. The number of morpholine rings is 1. The number of benzene rings is 3. The quantitative estimate of drug-likeness (QED) is 0.320. The second-order valence-electron chi connectivity index (χ2n) is 9.12.